The second-order valence-electron chi connectivity index (χ2n) is 4.70. The monoisotopic (exact) mass is 280 g/mol. The molecule has 0 spiro atoms. The van der Waals surface area contributed by atoms with Gasteiger partial charge in [-0.05, 0) is 23.3 Å². The summed E-state index contributed by atoms with van der Waals surface area (Å²) in [6.07, 6.45) is 3.59. The highest BCUT2D eigenvalue weighted by Crippen LogP contribution is 2.31. The minimum Gasteiger partial charge on any atom is -0.481 e. The van der Waals surface area contributed by atoms with Crippen LogP contribution >= 0.6 is 12.6 Å². The lowest BCUT2D eigenvalue weighted by atomic mass is 10.0. The Morgan fingerprint density at radius 2 is 2.42 bits per heavy atom. The summed E-state index contributed by atoms with van der Waals surface area (Å²) in [5.41, 5.74) is 0.762. The van der Waals surface area contributed by atoms with Gasteiger partial charge in [-0.15, -0.1) is 0 Å². The van der Waals surface area contributed by atoms with E-state index in [0.717, 1.165) is 5.56 Å². The number of pyridine rings is 1. The summed E-state index contributed by atoms with van der Waals surface area (Å²) >= 11 is 4.22. The van der Waals surface area contributed by atoms with E-state index in [4.69, 9.17) is 5.11 Å². The Morgan fingerprint density at radius 3 is 2.95 bits per heavy atom. The maximum Gasteiger partial charge on any atom is 0.305 e. The summed E-state index contributed by atoms with van der Waals surface area (Å²) in [6, 6.07) is 3.12. The van der Waals surface area contributed by atoms with Crippen molar-refractivity contribution in [2.24, 2.45) is 5.92 Å². The summed E-state index contributed by atoms with van der Waals surface area (Å²) in [7, 11) is 0. The number of amides is 1. The van der Waals surface area contributed by atoms with Crippen LogP contribution in [0.15, 0.2) is 24.5 Å². The first-order chi connectivity index (χ1) is 9.11. The first-order valence-corrected chi connectivity index (χ1v) is 6.77. The van der Waals surface area contributed by atoms with Crippen LogP contribution in [0.4, 0.5) is 0 Å². The van der Waals surface area contributed by atoms with Crippen molar-refractivity contribution in [3.8, 4) is 0 Å². The van der Waals surface area contributed by atoms with Gasteiger partial charge in [-0.3, -0.25) is 14.6 Å². The molecule has 2 heterocycles. The van der Waals surface area contributed by atoms with Crippen LogP contribution in [0.2, 0.25) is 0 Å². The van der Waals surface area contributed by atoms with Crippen LogP contribution in [0.3, 0.4) is 0 Å². The zero-order valence-electron chi connectivity index (χ0n) is 10.4. The number of carboxylic acids is 1. The fraction of sp³-hybridized carbons (Fsp3) is 0.462. The lowest BCUT2D eigenvalue weighted by Gasteiger charge is -2.27. The molecule has 0 bridgehead atoms. The van der Waals surface area contributed by atoms with Crippen LogP contribution < -0.4 is 0 Å². The zero-order valence-corrected chi connectivity index (χ0v) is 11.3. The van der Waals surface area contributed by atoms with Crippen molar-refractivity contribution in [1.82, 2.24) is 9.88 Å². The second kappa shape index (κ2) is 6.06. The molecule has 1 amide bonds. The van der Waals surface area contributed by atoms with Crippen molar-refractivity contribution in [2.75, 3.05) is 12.3 Å². The SMILES string of the molecule is O=C(O)CC(c1cccnc1)N1CC(CS)CC1=O. The minimum atomic E-state index is -0.920. The number of nitrogens with zero attached hydrogens (tertiary/aromatic N) is 2. The van der Waals surface area contributed by atoms with Gasteiger partial charge in [0.05, 0.1) is 12.5 Å². The van der Waals surface area contributed by atoms with Crippen LogP contribution in [0.1, 0.15) is 24.4 Å². The van der Waals surface area contributed by atoms with Gasteiger partial charge < -0.3 is 10.0 Å². The number of hydrogen-bond acceptors (Lipinski definition) is 4. The fourth-order valence-corrected chi connectivity index (χ4v) is 2.62. The molecule has 1 aliphatic heterocycles. The Morgan fingerprint density at radius 1 is 1.63 bits per heavy atom. The van der Waals surface area contributed by atoms with Crippen molar-refractivity contribution in [3.63, 3.8) is 0 Å². The molecule has 5 nitrogen and oxygen atoms in total. The van der Waals surface area contributed by atoms with Crippen molar-refractivity contribution in [2.45, 2.75) is 18.9 Å². The van der Waals surface area contributed by atoms with Gasteiger partial charge in [0.2, 0.25) is 5.91 Å². The molecule has 0 radical (unpaired) electrons. The first kappa shape index (κ1) is 13.9. The molecular formula is C13H16N2O3S. The van der Waals surface area contributed by atoms with Crippen molar-refractivity contribution in [1.29, 1.82) is 0 Å². The number of aromatic nitrogens is 1. The molecule has 0 saturated carbocycles. The van der Waals surface area contributed by atoms with Gasteiger partial charge >= 0.3 is 5.97 Å². The maximum absolute atomic E-state index is 12.0. The van der Waals surface area contributed by atoms with E-state index in [2.05, 4.69) is 17.6 Å². The van der Waals surface area contributed by atoms with E-state index in [1.807, 2.05) is 6.07 Å². The molecule has 2 rings (SSSR count). The lowest BCUT2D eigenvalue weighted by Crippen LogP contribution is -2.32. The van der Waals surface area contributed by atoms with E-state index in [-0.39, 0.29) is 18.2 Å². The predicted molar refractivity (Wildman–Crippen MR) is 72.9 cm³/mol. The average molecular weight is 280 g/mol. The highest BCUT2D eigenvalue weighted by molar-refractivity contribution is 7.80. The number of thiol groups is 1. The normalized spacial score (nSPS) is 20.6. The van der Waals surface area contributed by atoms with Crippen LogP contribution in [0, 0.1) is 5.92 Å². The Balaban J connectivity index is 2.23. The molecule has 1 saturated heterocycles. The van der Waals surface area contributed by atoms with Crippen LogP contribution in [-0.4, -0.2) is 39.2 Å². The Bertz CT molecular complexity index is 466. The highest BCUT2D eigenvalue weighted by atomic mass is 32.1. The first-order valence-electron chi connectivity index (χ1n) is 6.14. The number of rotatable bonds is 5. The van der Waals surface area contributed by atoms with Crippen molar-refractivity contribution in [3.05, 3.63) is 30.1 Å². The molecule has 1 aliphatic rings. The Kier molecular flexibility index (Phi) is 4.42. The van der Waals surface area contributed by atoms with Gasteiger partial charge in [0, 0.05) is 25.4 Å². The summed E-state index contributed by atoms with van der Waals surface area (Å²) in [5, 5.41) is 9.04. The molecule has 2 unspecified atom stereocenters. The van der Waals surface area contributed by atoms with Crippen LogP contribution in [0.5, 0.6) is 0 Å². The average Bonchev–Trinajstić information content (AvgIpc) is 2.78. The van der Waals surface area contributed by atoms with Crippen molar-refractivity contribution >= 4 is 24.5 Å². The number of carbonyl (C=O) groups excluding carboxylic acids is 1. The molecular weight excluding hydrogens is 264 g/mol. The molecule has 0 aliphatic carbocycles. The van der Waals surface area contributed by atoms with Crippen molar-refractivity contribution < 1.29 is 14.7 Å². The molecule has 0 aromatic carbocycles. The number of hydrogen-bond donors (Lipinski definition) is 2. The Hall–Kier alpha value is -1.56. The van der Waals surface area contributed by atoms with E-state index in [1.165, 1.54) is 0 Å². The number of aliphatic carboxylic acids is 1. The van der Waals surface area contributed by atoms with E-state index < -0.39 is 12.0 Å². The number of likely N-dealkylation sites (tertiary alicyclic amines) is 1. The van der Waals surface area contributed by atoms with Gasteiger partial charge in [-0.25, -0.2) is 0 Å². The van der Waals surface area contributed by atoms with E-state index >= 15 is 0 Å². The smallest absolute Gasteiger partial charge is 0.305 e. The molecule has 1 aromatic rings. The van der Waals surface area contributed by atoms with Crippen LogP contribution in [-0.2, 0) is 9.59 Å². The largest absolute Gasteiger partial charge is 0.481 e. The lowest BCUT2D eigenvalue weighted by molar-refractivity contribution is -0.139. The van der Waals surface area contributed by atoms with E-state index in [9.17, 15) is 9.59 Å². The summed E-state index contributed by atoms with van der Waals surface area (Å²) in [4.78, 5) is 28.7. The molecule has 1 fully saturated rings. The molecule has 1 aromatic heterocycles. The van der Waals surface area contributed by atoms with Crippen LogP contribution in [0.25, 0.3) is 0 Å². The Labute approximate surface area is 117 Å². The van der Waals surface area contributed by atoms with E-state index in [0.29, 0.717) is 18.7 Å². The maximum atomic E-state index is 12.0. The molecule has 1 N–H and O–H groups in total. The molecule has 2 atom stereocenters. The quantitative estimate of drug-likeness (QED) is 0.799. The van der Waals surface area contributed by atoms with Gasteiger partial charge in [-0.2, -0.15) is 12.6 Å². The fourth-order valence-electron chi connectivity index (χ4n) is 2.38. The molecule has 102 valence electrons. The summed E-state index contributed by atoms with van der Waals surface area (Å²) in [6.45, 7) is 0.565. The second-order valence-corrected chi connectivity index (χ2v) is 5.06. The van der Waals surface area contributed by atoms with Gasteiger partial charge in [-0.1, -0.05) is 6.07 Å². The van der Waals surface area contributed by atoms with E-state index in [1.54, 1.807) is 23.4 Å². The topological polar surface area (TPSA) is 70.5 Å². The third-order valence-corrected chi connectivity index (χ3v) is 3.83. The third-order valence-electron chi connectivity index (χ3n) is 3.31. The standard InChI is InChI=1S/C13H16N2O3S/c16-12-4-9(8-19)7-15(12)11(5-13(17)18)10-2-1-3-14-6-10/h1-3,6,9,11,19H,4-5,7-8H2,(H,17,18). The number of carboxylic acid groups (broad SMARTS) is 1. The summed E-state index contributed by atoms with van der Waals surface area (Å²) < 4.78 is 0. The molecule has 6 heteroatoms. The highest BCUT2D eigenvalue weighted by Gasteiger charge is 2.35. The summed E-state index contributed by atoms with van der Waals surface area (Å²) in [5.74, 6) is -0.0938. The van der Waals surface area contributed by atoms with Gasteiger partial charge in [0.1, 0.15) is 0 Å². The van der Waals surface area contributed by atoms with Gasteiger partial charge in [0.15, 0.2) is 0 Å². The zero-order chi connectivity index (χ0) is 13.8. The number of carbonyl (C=O) groups is 2. The predicted octanol–water partition coefficient (Wildman–Crippen LogP) is 1.38. The minimum absolute atomic E-state index is 0.00541. The third kappa shape index (κ3) is 3.26. The van der Waals surface area contributed by atoms with Gasteiger partial charge in [0.25, 0.3) is 0 Å². The molecule has 19 heavy (non-hydrogen) atoms.